The van der Waals surface area contributed by atoms with Crippen LogP contribution in [-0.4, -0.2) is 66.7 Å². The molecule has 0 N–H and O–H groups in total. The SMILES string of the molecule is Cc1nn(C2CCS(=O)(=O)C2)c(C)c1N1CCN(C(=O)c2ccccc2F)CC1. The molecule has 2 fully saturated rings. The molecule has 0 saturated carbocycles. The van der Waals surface area contributed by atoms with Gasteiger partial charge in [-0.05, 0) is 32.4 Å². The fourth-order valence-corrected chi connectivity index (χ4v) is 6.07. The van der Waals surface area contributed by atoms with Crippen molar-refractivity contribution in [1.82, 2.24) is 14.7 Å². The van der Waals surface area contributed by atoms with Crippen molar-refractivity contribution in [3.05, 3.63) is 47.0 Å². The Morgan fingerprint density at radius 1 is 1.14 bits per heavy atom. The van der Waals surface area contributed by atoms with Gasteiger partial charge in [0.2, 0.25) is 0 Å². The minimum atomic E-state index is -2.98. The summed E-state index contributed by atoms with van der Waals surface area (Å²) in [7, 11) is -2.98. The lowest BCUT2D eigenvalue weighted by Gasteiger charge is -2.36. The van der Waals surface area contributed by atoms with E-state index in [4.69, 9.17) is 0 Å². The van der Waals surface area contributed by atoms with Gasteiger partial charge >= 0.3 is 0 Å². The van der Waals surface area contributed by atoms with Crippen molar-refractivity contribution in [2.45, 2.75) is 26.3 Å². The molecule has 2 aliphatic rings. The molecule has 4 rings (SSSR count). The Morgan fingerprint density at radius 2 is 1.83 bits per heavy atom. The van der Waals surface area contributed by atoms with Crippen LogP contribution in [0.2, 0.25) is 0 Å². The lowest BCUT2D eigenvalue weighted by atomic mass is 10.1. The van der Waals surface area contributed by atoms with E-state index in [1.54, 1.807) is 17.0 Å². The van der Waals surface area contributed by atoms with Gasteiger partial charge in [-0.1, -0.05) is 12.1 Å². The lowest BCUT2D eigenvalue weighted by Crippen LogP contribution is -2.49. The summed E-state index contributed by atoms with van der Waals surface area (Å²) >= 11 is 0. The number of anilines is 1. The summed E-state index contributed by atoms with van der Waals surface area (Å²) in [4.78, 5) is 16.5. The van der Waals surface area contributed by atoms with E-state index in [0.29, 0.717) is 32.6 Å². The van der Waals surface area contributed by atoms with Gasteiger partial charge < -0.3 is 9.80 Å². The second kappa shape index (κ2) is 7.44. The maximum absolute atomic E-state index is 13.9. The van der Waals surface area contributed by atoms with Crippen LogP contribution in [-0.2, 0) is 9.84 Å². The monoisotopic (exact) mass is 420 g/mol. The van der Waals surface area contributed by atoms with Gasteiger partial charge in [0.1, 0.15) is 5.82 Å². The van der Waals surface area contributed by atoms with E-state index in [9.17, 15) is 17.6 Å². The number of carbonyl (C=O) groups excluding carboxylic acids is 1. The summed E-state index contributed by atoms with van der Waals surface area (Å²) < 4.78 is 39.5. The van der Waals surface area contributed by atoms with Crippen LogP contribution >= 0.6 is 0 Å². The average Bonchev–Trinajstić information content (AvgIpc) is 3.20. The van der Waals surface area contributed by atoms with Crippen molar-refractivity contribution in [2.75, 3.05) is 42.6 Å². The standard InChI is InChI=1S/C20H25FN4O3S/c1-14-19(15(2)25(22-14)16-7-12-29(27,28)13-16)23-8-10-24(11-9-23)20(26)17-5-3-4-6-18(17)21/h3-6,16H,7-13H2,1-2H3. The largest absolute Gasteiger partial charge is 0.365 e. The van der Waals surface area contributed by atoms with E-state index in [1.807, 2.05) is 18.5 Å². The minimum Gasteiger partial charge on any atom is -0.365 e. The molecule has 3 heterocycles. The molecule has 2 aliphatic heterocycles. The van der Waals surface area contributed by atoms with Crippen LogP contribution in [0.25, 0.3) is 0 Å². The lowest BCUT2D eigenvalue weighted by molar-refractivity contribution is 0.0742. The molecule has 1 aromatic heterocycles. The number of aryl methyl sites for hydroxylation is 1. The fraction of sp³-hybridized carbons (Fsp3) is 0.500. The zero-order valence-corrected chi connectivity index (χ0v) is 17.5. The molecule has 1 amide bonds. The molecule has 9 heteroatoms. The van der Waals surface area contributed by atoms with Crippen LogP contribution in [0.1, 0.15) is 34.2 Å². The predicted octanol–water partition coefficient (Wildman–Crippen LogP) is 1.96. The number of sulfone groups is 1. The van der Waals surface area contributed by atoms with Crippen molar-refractivity contribution >= 4 is 21.4 Å². The van der Waals surface area contributed by atoms with Gasteiger partial charge in [0.05, 0.1) is 40.2 Å². The summed E-state index contributed by atoms with van der Waals surface area (Å²) in [6.45, 7) is 6.13. The van der Waals surface area contributed by atoms with Crippen molar-refractivity contribution in [1.29, 1.82) is 0 Å². The van der Waals surface area contributed by atoms with Crippen LogP contribution in [0, 0.1) is 19.7 Å². The smallest absolute Gasteiger partial charge is 0.256 e. The van der Waals surface area contributed by atoms with Gasteiger partial charge in [0, 0.05) is 26.2 Å². The molecule has 156 valence electrons. The first-order valence-electron chi connectivity index (χ1n) is 9.82. The number of piperazine rings is 1. The zero-order valence-electron chi connectivity index (χ0n) is 16.6. The second-order valence-electron chi connectivity index (χ2n) is 7.78. The molecule has 1 atom stereocenters. The van der Waals surface area contributed by atoms with Crippen molar-refractivity contribution in [3.8, 4) is 0 Å². The number of nitrogens with zero attached hydrogens (tertiary/aromatic N) is 4. The Hall–Kier alpha value is -2.42. The van der Waals surface area contributed by atoms with Gasteiger partial charge in [-0.3, -0.25) is 9.48 Å². The van der Waals surface area contributed by atoms with Crippen LogP contribution in [0.5, 0.6) is 0 Å². The van der Waals surface area contributed by atoms with E-state index in [2.05, 4.69) is 10.00 Å². The molecule has 29 heavy (non-hydrogen) atoms. The normalized spacial score (nSPS) is 21.6. The number of halogens is 1. The molecule has 0 bridgehead atoms. The Labute approximate surface area is 170 Å². The van der Waals surface area contributed by atoms with Crippen LogP contribution in [0.4, 0.5) is 10.1 Å². The van der Waals surface area contributed by atoms with Gasteiger partial charge in [0.25, 0.3) is 5.91 Å². The third-order valence-electron chi connectivity index (χ3n) is 5.83. The maximum Gasteiger partial charge on any atom is 0.256 e. The number of hydrogen-bond acceptors (Lipinski definition) is 5. The molecule has 1 aromatic carbocycles. The quantitative estimate of drug-likeness (QED) is 0.759. The molecule has 0 radical (unpaired) electrons. The first-order chi connectivity index (χ1) is 13.8. The molecular weight excluding hydrogens is 395 g/mol. The second-order valence-corrected chi connectivity index (χ2v) is 10.0. The van der Waals surface area contributed by atoms with Crippen molar-refractivity contribution < 1.29 is 17.6 Å². The van der Waals surface area contributed by atoms with E-state index < -0.39 is 15.7 Å². The Kier molecular flexibility index (Phi) is 5.10. The number of rotatable bonds is 3. The molecule has 1 unspecified atom stereocenters. The zero-order chi connectivity index (χ0) is 20.8. The van der Waals surface area contributed by atoms with Crippen LogP contribution in [0.15, 0.2) is 24.3 Å². The predicted molar refractivity (Wildman–Crippen MR) is 109 cm³/mol. The minimum absolute atomic E-state index is 0.101. The molecular formula is C20H25FN4O3S. The Balaban J connectivity index is 1.48. The molecule has 2 saturated heterocycles. The molecule has 2 aromatic rings. The van der Waals surface area contributed by atoms with Crippen molar-refractivity contribution in [2.24, 2.45) is 0 Å². The number of aromatic nitrogens is 2. The fourth-order valence-electron chi connectivity index (χ4n) is 4.37. The van der Waals surface area contributed by atoms with E-state index >= 15 is 0 Å². The summed E-state index contributed by atoms with van der Waals surface area (Å²) in [5.74, 6) is -0.441. The van der Waals surface area contributed by atoms with E-state index in [1.165, 1.54) is 12.1 Å². The summed E-state index contributed by atoms with van der Waals surface area (Å²) in [6.07, 6.45) is 0.592. The average molecular weight is 421 g/mol. The third-order valence-corrected chi connectivity index (χ3v) is 7.58. The summed E-state index contributed by atoms with van der Waals surface area (Å²) in [6, 6.07) is 5.93. The molecule has 7 nitrogen and oxygen atoms in total. The third kappa shape index (κ3) is 3.75. The molecule has 0 aliphatic carbocycles. The van der Waals surface area contributed by atoms with Gasteiger partial charge in [-0.15, -0.1) is 0 Å². The summed E-state index contributed by atoms with van der Waals surface area (Å²) in [5.41, 5.74) is 2.93. The first kappa shape index (κ1) is 19.9. The van der Waals surface area contributed by atoms with Crippen LogP contribution < -0.4 is 4.90 Å². The van der Waals surface area contributed by atoms with Gasteiger partial charge in [0.15, 0.2) is 9.84 Å². The van der Waals surface area contributed by atoms with Crippen molar-refractivity contribution in [3.63, 3.8) is 0 Å². The van der Waals surface area contributed by atoms with E-state index in [0.717, 1.165) is 17.1 Å². The first-order valence-corrected chi connectivity index (χ1v) is 11.6. The van der Waals surface area contributed by atoms with E-state index in [-0.39, 0.29) is 29.0 Å². The number of carbonyl (C=O) groups is 1. The number of amides is 1. The molecule has 0 spiro atoms. The highest BCUT2D eigenvalue weighted by atomic mass is 32.2. The number of hydrogen-bond donors (Lipinski definition) is 0. The Morgan fingerprint density at radius 3 is 2.45 bits per heavy atom. The van der Waals surface area contributed by atoms with Crippen LogP contribution in [0.3, 0.4) is 0 Å². The summed E-state index contributed by atoms with van der Waals surface area (Å²) in [5, 5.41) is 4.63. The number of benzene rings is 1. The highest BCUT2D eigenvalue weighted by Crippen LogP contribution is 2.31. The highest BCUT2D eigenvalue weighted by molar-refractivity contribution is 7.91. The van der Waals surface area contributed by atoms with Gasteiger partial charge in [-0.25, -0.2) is 12.8 Å². The van der Waals surface area contributed by atoms with Gasteiger partial charge in [-0.2, -0.15) is 5.10 Å². The maximum atomic E-state index is 13.9. The Bertz CT molecular complexity index is 1040. The topological polar surface area (TPSA) is 75.5 Å². The highest BCUT2D eigenvalue weighted by Gasteiger charge is 2.33.